The first kappa shape index (κ1) is 15.3. The Morgan fingerprint density at radius 2 is 1.91 bits per heavy atom. The monoisotopic (exact) mass is 313 g/mol. The van der Waals surface area contributed by atoms with E-state index in [4.69, 9.17) is 9.47 Å². The Bertz CT molecular complexity index is 697. The molecule has 1 heterocycles. The molecule has 1 aliphatic carbocycles. The van der Waals surface area contributed by atoms with E-state index in [1.54, 1.807) is 20.3 Å². The number of hydrogen-bond acceptors (Lipinski definition) is 5. The van der Waals surface area contributed by atoms with Gasteiger partial charge in [0, 0.05) is 12.5 Å². The average Bonchev–Trinajstić information content (AvgIpc) is 3.44. The van der Waals surface area contributed by atoms with Gasteiger partial charge < -0.3 is 14.8 Å². The van der Waals surface area contributed by atoms with Crippen molar-refractivity contribution >= 4 is 5.91 Å². The van der Waals surface area contributed by atoms with Crippen LogP contribution < -0.4 is 14.8 Å². The Morgan fingerprint density at radius 1 is 1.13 bits per heavy atom. The van der Waals surface area contributed by atoms with Gasteiger partial charge in [-0.25, -0.2) is 0 Å². The van der Waals surface area contributed by atoms with E-state index in [0.717, 1.165) is 11.3 Å². The van der Waals surface area contributed by atoms with Crippen LogP contribution in [-0.4, -0.2) is 30.3 Å². The number of benzene rings is 1. The Labute approximate surface area is 134 Å². The van der Waals surface area contributed by atoms with Crippen LogP contribution in [0.25, 0.3) is 0 Å². The number of carbonyl (C=O) groups is 1. The lowest BCUT2D eigenvalue weighted by atomic mass is 10.2. The molecule has 3 rings (SSSR count). The van der Waals surface area contributed by atoms with Crippen molar-refractivity contribution in [2.75, 3.05) is 14.2 Å². The lowest BCUT2D eigenvalue weighted by molar-refractivity contribution is 0.0944. The minimum atomic E-state index is -0.241. The molecule has 0 unspecified atom stereocenters. The Kier molecular flexibility index (Phi) is 4.41. The van der Waals surface area contributed by atoms with Crippen LogP contribution >= 0.6 is 0 Å². The third-order valence-corrected chi connectivity index (χ3v) is 3.81. The average molecular weight is 313 g/mol. The molecule has 0 aliphatic heterocycles. The van der Waals surface area contributed by atoms with Crippen molar-refractivity contribution < 1.29 is 14.3 Å². The fourth-order valence-electron chi connectivity index (χ4n) is 2.32. The van der Waals surface area contributed by atoms with Gasteiger partial charge in [0.25, 0.3) is 5.91 Å². The van der Waals surface area contributed by atoms with Gasteiger partial charge in [-0.15, -0.1) is 5.10 Å². The zero-order valence-electron chi connectivity index (χ0n) is 13.2. The van der Waals surface area contributed by atoms with Gasteiger partial charge in [0.15, 0.2) is 17.2 Å². The second-order valence-corrected chi connectivity index (χ2v) is 5.49. The van der Waals surface area contributed by atoms with Gasteiger partial charge in [0.05, 0.1) is 19.9 Å². The maximum absolute atomic E-state index is 12.1. The lowest BCUT2D eigenvalue weighted by Crippen LogP contribution is -2.24. The number of ether oxygens (including phenoxy) is 2. The molecule has 1 fully saturated rings. The smallest absolute Gasteiger partial charge is 0.272 e. The van der Waals surface area contributed by atoms with Crippen molar-refractivity contribution in [3.05, 3.63) is 47.3 Å². The van der Waals surface area contributed by atoms with Gasteiger partial charge >= 0.3 is 0 Å². The molecule has 6 heteroatoms. The third-order valence-electron chi connectivity index (χ3n) is 3.81. The van der Waals surface area contributed by atoms with Crippen LogP contribution in [0.4, 0.5) is 0 Å². The molecule has 1 aromatic heterocycles. The maximum atomic E-state index is 12.1. The highest BCUT2D eigenvalue weighted by Crippen LogP contribution is 2.38. The standard InChI is InChI=1S/C17H19N3O3/c1-22-15-8-3-11(9-16(15)23-2)10-18-17(21)14-7-6-13(19-20-14)12-4-5-12/h3,6-9,12H,4-5,10H2,1-2H3,(H,18,21). The topological polar surface area (TPSA) is 73.3 Å². The summed E-state index contributed by atoms with van der Waals surface area (Å²) in [6, 6.07) is 9.13. The molecule has 1 N–H and O–H groups in total. The van der Waals surface area contributed by atoms with E-state index in [9.17, 15) is 4.79 Å². The molecule has 2 aromatic rings. The van der Waals surface area contributed by atoms with E-state index >= 15 is 0 Å². The zero-order valence-corrected chi connectivity index (χ0v) is 13.2. The van der Waals surface area contributed by atoms with Crippen molar-refractivity contribution in [3.8, 4) is 11.5 Å². The summed E-state index contributed by atoms with van der Waals surface area (Å²) in [6.07, 6.45) is 2.33. The highest BCUT2D eigenvalue weighted by Gasteiger charge is 2.25. The van der Waals surface area contributed by atoms with Crippen molar-refractivity contribution in [2.45, 2.75) is 25.3 Å². The predicted molar refractivity (Wildman–Crippen MR) is 84.7 cm³/mol. The molecule has 1 aliphatic rings. The lowest BCUT2D eigenvalue weighted by Gasteiger charge is -2.10. The van der Waals surface area contributed by atoms with E-state index in [2.05, 4.69) is 15.5 Å². The number of nitrogens with zero attached hydrogens (tertiary/aromatic N) is 2. The number of carbonyl (C=O) groups excluding carboxylic acids is 1. The summed E-state index contributed by atoms with van der Waals surface area (Å²) in [5.41, 5.74) is 2.22. The fourth-order valence-corrected chi connectivity index (χ4v) is 2.32. The fraction of sp³-hybridized carbons (Fsp3) is 0.353. The number of amides is 1. The number of methoxy groups -OCH3 is 2. The van der Waals surface area contributed by atoms with E-state index in [-0.39, 0.29) is 5.91 Å². The van der Waals surface area contributed by atoms with Crippen LogP contribution in [0.3, 0.4) is 0 Å². The number of aromatic nitrogens is 2. The van der Waals surface area contributed by atoms with Gasteiger partial charge in [0.2, 0.25) is 0 Å². The molecule has 1 saturated carbocycles. The maximum Gasteiger partial charge on any atom is 0.272 e. The van der Waals surface area contributed by atoms with Crippen LogP contribution in [0.5, 0.6) is 11.5 Å². The van der Waals surface area contributed by atoms with Gasteiger partial charge in [0.1, 0.15) is 0 Å². The molecule has 1 amide bonds. The van der Waals surface area contributed by atoms with Crippen molar-refractivity contribution in [1.82, 2.24) is 15.5 Å². The van der Waals surface area contributed by atoms with Gasteiger partial charge in [-0.1, -0.05) is 6.07 Å². The zero-order chi connectivity index (χ0) is 16.2. The van der Waals surface area contributed by atoms with E-state index in [1.807, 2.05) is 24.3 Å². The van der Waals surface area contributed by atoms with Gasteiger partial charge in [-0.2, -0.15) is 5.10 Å². The Balaban J connectivity index is 1.61. The largest absolute Gasteiger partial charge is 0.493 e. The van der Waals surface area contributed by atoms with Crippen LogP contribution in [-0.2, 0) is 6.54 Å². The molecular formula is C17H19N3O3. The minimum Gasteiger partial charge on any atom is -0.493 e. The molecule has 23 heavy (non-hydrogen) atoms. The van der Waals surface area contributed by atoms with Crippen LogP contribution in [0, 0.1) is 0 Å². The molecule has 1 aromatic carbocycles. The first-order valence-corrected chi connectivity index (χ1v) is 7.54. The Morgan fingerprint density at radius 3 is 2.52 bits per heavy atom. The molecule has 120 valence electrons. The van der Waals surface area contributed by atoms with Gasteiger partial charge in [-0.05, 0) is 42.7 Å². The number of nitrogens with one attached hydrogen (secondary N) is 1. The first-order chi connectivity index (χ1) is 11.2. The van der Waals surface area contributed by atoms with E-state index in [1.165, 1.54) is 12.8 Å². The predicted octanol–water partition coefficient (Wildman–Crippen LogP) is 2.30. The summed E-state index contributed by atoms with van der Waals surface area (Å²) in [7, 11) is 3.17. The summed E-state index contributed by atoms with van der Waals surface area (Å²) in [5, 5.41) is 11.0. The van der Waals surface area contributed by atoms with Gasteiger partial charge in [-0.3, -0.25) is 4.79 Å². The highest BCUT2D eigenvalue weighted by atomic mass is 16.5. The number of hydrogen-bond donors (Lipinski definition) is 1. The SMILES string of the molecule is COc1ccc(CNC(=O)c2ccc(C3CC3)nn2)cc1OC. The molecule has 0 atom stereocenters. The first-order valence-electron chi connectivity index (χ1n) is 7.54. The van der Waals surface area contributed by atoms with Crippen molar-refractivity contribution in [1.29, 1.82) is 0 Å². The van der Waals surface area contributed by atoms with Crippen LogP contribution in [0.15, 0.2) is 30.3 Å². The van der Waals surface area contributed by atoms with E-state index in [0.29, 0.717) is 29.7 Å². The summed E-state index contributed by atoms with van der Waals surface area (Å²) in [6.45, 7) is 0.380. The molecule has 0 spiro atoms. The Hall–Kier alpha value is -2.63. The molecule has 0 bridgehead atoms. The summed E-state index contributed by atoms with van der Waals surface area (Å²) < 4.78 is 10.4. The van der Waals surface area contributed by atoms with Crippen molar-refractivity contribution in [2.24, 2.45) is 0 Å². The molecule has 0 radical (unpaired) electrons. The van der Waals surface area contributed by atoms with Crippen LogP contribution in [0.1, 0.15) is 40.5 Å². The number of rotatable bonds is 6. The summed E-state index contributed by atoms with van der Waals surface area (Å²) in [4.78, 5) is 12.1. The normalized spacial score (nSPS) is 13.5. The molecule has 6 nitrogen and oxygen atoms in total. The minimum absolute atomic E-state index is 0.241. The second-order valence-electron chi connectivity index (χ2n) is 5.49. The summed E-state index contributed by atoms with van der Waals surface area (Å²) in [5.74, 6) is 1.58. The third kappa shape index (κ3) is 3.59. The second kappa shape index (κ2) is 6.64. The highest BCUT2D eigenvalue weighted by molar-refractivity contribution is 5.92. The van der Waals surface area contributed by atoms with E-state index < -0.39 is 0 Å². The quantitative estimate of drug-likeness (QED) is 0.886. The summed E-state index contributed by atoms with van der Waals surface area (Å²) >= 11 is 0. The van der Waals surface area contributed by atoms with Crippen molar-refractivity contribution in [3.63, 3.8) is 0 Å². The molecule has 0 saturated heterocycles. The molecular weight excluding hydrogens is 294 g/mol. The van der Waals surface area contributed by atoms with Crippen LogP contribution in [0.2, 0.25) is 0 Å².